The molecule has 0 bridgehead atoms. The molecule has 1 unspecified atom stereocenters. The smallest absolute Gasteiger partial charge is 0.275 e. The molecule has 0 aliphatic carbocycles. The normalized spacial score (nSPS) is 13.1. The predicted octanol–water partition coefficient (Wildman–Crippen LogP) is 3.07. The van der Waals surface area contributed by atoms with Crippen molar-refractivity contribution in [2.75, 3.05) is 23.7 Å². The van der Waals surface area contributed by atoms with Crippen LogP contribution in [0, 0.1) is 5.82 Å². The first-order valence-electron chi connectivity index (χ1n) is 10.8. The highest BCUT2D eigenvalue weighted by Crippen LogP contribution is 2.35. The van der Waals surface area contributed by atoms with Gasteiger partial charge in [-0.25, -0.2) is 32.6 Å². The Balaban J connectivity index is 1.23. The zero-order valence-corrected chi connectivity index (χ0v) is 18.6. The minimum absolute atomic E-state index is 0.162. The summed E-state index contributed by atoms with van der Waals surface area (Å²) in [4.78, 5) is 12.4. The van der Waals surface area contributed by atoms with E-state index in [1.54, 1.807) is 16.9 Å². The van der Waals surface area contributed by atoms with Crippen molar-refractivity contribution in [2.45, 2.75) is 12.0 Å². The number of fused-ring (bicyclic) bond motifs is 1. The van der Waals surface area contributed by atoms with E-state index in [4.69, 9.17) is 0 Å². The Hall–Kier alpha value is -4.52. The quantitative estimate of drug-likeness (QED) is 0.230. The molecule has 0 spiro atoms. The van der Waals surface area contributed by atoms with Gasteiger partial charge in [0.2, 0.25) is 5.95 Å². The number of aliphatic hydroxyl groups is 1. The number of hydrogen-bond acceptors (Lipinski definition) is 8. The molecule has 0 radical (unpaired) electrons. The zero-order chi connectivity index (χ0) is 25.1. The summed E-state index contributed by atoms with van der Waals surface area (Å²) < 4.78 is 42.5. The number of aromatic nitrogens is 7. The van der Waals surface area contributed by atoms with Crippen LogP contribution >= 0.6 is 0 Å². The van der Waals surface area contributed by atoms with Crippen molar-refractivity contribution in [3.63, 3.8) is 0 Å². The molecule has 184 valence electrons. The Morgan fingerprint density at radius 3 is 2.42 bits per heavy atom. The Bertz CT molecular complexity index is 1440. The molecule has 1 atom stereocenters. The van der Waals surface area contributed by atoms with Crippen LogP contribution < -0.4 is 10.6 Å². The summed E-state index contributed by atoms with van der Waals surface area (Å²) in [7, 11) is 0. The highest BCUT2D eigenvalue weighted by molar-refractivity contribution is 5.76. The van der Waals surface area contributed by atoms with Gasteiger partial charge >= 0.3 is 0 Å². The van der Waals surface area contributed by atoms with Gasteiger partial charge in [-0.15, -0.1) is 0 Å². The van der Waals surface area contributed by atoms with Crippen LogP contribution in [-0.2, 0) is 5.60 Å². The van der Waals surface area contributed by atoms with Crippen LogP contribution in [0.2, 0.25) is 0 Å². The summed E-state index contributed by atoms with van der Waals surface area (Å²) in [6, 6.07) is 6.15. The maximum atomic E-state index is 13.8. The lowest BCUT2D eigenvalue weighted by molar-refractivity contribution is -0.0722. The third-order valence-corrected chi connectivity index (χ3v) is 5.63. The van der Waals surface area contributed by atoms with E-state index in [0.717, 1.165) is 53.3 Å². The van der Waals surface area contributed by atoms with Gasteiger partial charge in [-0.2, -0.15) is 10.2 Å². The molecule has 0 amide bonds. The second-order valence-corrected chi connectivity index (χ2v) is 7.88. The lowest BCUT2D eigenvalue weighted by Crippen LogP contribution is -2.36. The molecular weight excluding hydrogens is 475 g/mol. The third kappa shape index (κ3) is 4.43. The number of aromatic amines is 1. The van der Waals surface area contributed by atoms with Crippen molar-refractivity contribution in [1.82, 2.24) is 34.8 Å². The summed E-state index contributed by atoms with van der Waals surface area (Å²) in [6.07, 6.45) is 5.86. The number of nitrogens with zero attached hydrogens (tertiary/aromatic N) is 6. The first kappa shape index (κ1) is 23.2. The molecule has 4 heterocycles. The second-order valence-electron chi connectivity index (χ2n) is 7.88. The van der Waals surface area contributed by atoms with Crippen LogP contribution in [-0.4, -0.2) is 59.4 Å². The molecule has 5 rings (SSSR count). The van der Waals surface area contributed by atoms with E-state index in [-0.39, 0.29) is 17.1 Å². The zero-order valence-electron chi connectivity index (χ0n) is 18.6. The lowest BCUT2D eigenvalue weighted by Gasteiger charge is -2.27. The van der Waals surface area contributed by atoms with Crippen LogP contribution in [0.1, 0.15) is 11.1 Å². The first-order valence-corrected chi connectivity index (χ1v) is 10.8. The van der Waals surface area contributed by atoms with Crippen molar-refractivity contribution in [1.29, 1.82) is 0 Å². The first-order chi connectivity index (χ1) is 17.4. The third-order valence-electron chi connectivity index (χ3n) is 5.63. The van der Waals surface area contributed by atoms with Crippen LogP contribution in [0.5, 0.6) is 0 Å². The molecule has 0 aliphatic rings. The molecule has 0 saturated carbocycles. The molecule has 36 heavy (non-hydrogen) atoms. The number of alkyl halides is 2. The van der Waals surface area contributed by atoms with E-state index < -0.39 is 17.8 Å². The van der Waals surface area contributed by atoms with E-state index in [9.17, 15) is 18.3 Å². The van der Waals surface area contributed by atoms with Gasteiger partial charge in [0.1, 0.15) is 17.7 Å². The summed E-state index contributed by atoms with van der Waals surface area (Å²) in [5.41, 5.74) is -0.405. The van der Waals surface area contributed by atoms with E-state index >= 15 is 0 Å². The van der Waals surface area contributed by atoms with Crippen molar-refractivity contribution < 1.29 is 18.3 Å². The molecule has 0 aliphatic heterocycles. The average molecular weight is 495 g/mol. The largest absolute Gasteiger partial charge is 0.375 e. The molecule has 10 nitrogen and oxygen atoms in total. The molecule has 4 N–H and O–H groups in total. The SMILES string of the molecule is OC(c1ccc(F)cc1)(c1cnc(NCCNc2ncnn3cc(-c4cn[nH]c4)cc23)nc1)C(F)F. The van der Waals surface area contributed by atoms with Gasteiger partial charge in [0.05, 0.1) is 6.20 Å². The maximum Gasteiger partial charge on any atom is 0.275 e. The number of nitrogens with one attached hydrogen (secondary N) is 3. The van der Waals surface area contributed by atoms with Crippen molar-refractivity contribution in [2.24, 2.45) is 0 Å². The Kier molecular flexibility index (Phi) is 6.21. The average Bonchev–Trinajstić information content (AvgIpc) is 3.57. The van der Waals surface area contributed by atoms with Gasteiger partial charge in [0, 0.05) is 54.6 Å². The molecule has 5 aromatic rings. The molecule has 0 fully saturated rings. The standard InChI is InChI=1S/C23H20F3N9O/c24-18-3-1-16(2-4-18)23(36,21(25)26)17-10-29-22(30-11-17)28-6-5-27-20-19-7-14(15-8-32-33-9-15)12-35(19)34-13-31-20/h1-4,7-13,21,36H,5-6H2,(H,32,33)(H,27,31,34)(H,28,29,30). The fourth-order valence-corrected chi connectivity index (χ4v) is 3.73. The number of halogens is 3. The van der Waals surface area contributed by atoms with E-state index in [1.165, 1.54) is 6.33 Å². The van der Waals surface area contributed by atoms with E-state index in [1.807, 2.05) is 12.3 Å². The van der Waals surface area contributed by atoms with Crippen LogP contribution in [0.25, 0.3) is 16.6 Å². The second kappa shape index (κ2) is 9.62. The van der Waals surface area contributed by atoms with Gasteiger partial charge in [0.15, 0.2) is 11.4 Å². The maximum absolute atomic E-state index is 13.8. The van der Waals surface area contributed by atoms with Gasteiger partial charge in [-0.3, -0.25) is 5.10 Å². The number of benzene rings is 1. The number of anilines is 2. The fraction of sp³-hybridized carbons (Fsp3) is 0.174. The minimum Gasteiger partial charge on any atom is -0.375 e. The highest BCUT2D eigenvalue weighted by atomic mass is 19.3. The Morgan fingerprint density at radius 2 is 1.72 bits per heavy atom. The van der Waals surface area contributed by atoms with E-state index in [2.05, 4.69) is 40.9 Å². The van der Waals surface area contributed by atoms with Crippen LogP contribution in [0.3, 0.4) is 0 Å². The van der Waals surface area contributed by atoms with Crippen LogP contribution in [0.15, 0.2) is 67.6 Å². The summed E-state index contributed by atoms with van der Waals surface area (Å²) >= 11 is 0. The lowest BCUT2D eigenvalue weighted by atomic mass is 9.88. The summed E-state index contributed by atoms with van der Waals surface area (Å²) in [6.45, 7) is 0.836. The van der Waals surface area contributed by atoms with Gasteiger partial charge in [-0.05, 0) is 23.8 Å². The van der Waals surface area contributed by atoms with Gasteiger partial charge in [-0.1, -0.05) is 12.1 Å². The molecule has 0 saturated heterocycles. The molecule has 13 heteroatoms. The minimum atomic E-state index is -3.18. The summed E-state index contributed by atoms with van der Waals surface area (Å²) in [5.74, 6) is 0.214. The monoisotopic (exact) mass is 495 g/mol. The number of H-pyrrole nitrogens is 1. The van der Waals surface area contributed by atoms with Gasteiger partial charge < -0.3 is 15.7 Å². The van der Waals surface area contributed by atoms with Crippen LogP contribution in [0.4, 0.5) is 24.9 Å². The highest BCUT2D eigenvalue weighted by Gasteiger charge is 2.42. The number of hydrogen-bond donors (Lipinski definition) is 4. The van der Waals surface area contributed by atoms with Crippen molar-refractivity contribution in [3.05, 3.63) is 84.6 Å². The Labute approximate surface area is 202 Å². The topological polar surface area (TPSA) is 129 Å². The van der Waals surface area contributed by atoms with Crippen molar-refractivity contribution in [3.8, 4) is 11.1 Å². The Morgan fingerprint density at radius 1 is 0.972 bits per heavy atom. The summed E-state index contributed by atoms with van der Waals surface area (Å²) in [5, 5.41) is 27.8. The number of rotatable bonds is 9. The van der Waals surface area contributed by atoms with Gasteiger partial charge in [0.25, 0.3) is 6.43 Å². The molecular formula is C23H20F3N9O. The fourth-order valence-electron chi connectivity index (χ4n) is 3.73. The van der Waals surface area contributed by atoms with E-state index in [0.29, 0.717) is 18.9 Å². The molecule has 4 aromatic heterocycles. The van der Waals surface area contributed by atoms with Crippen molar-refractivity contribution >= 4 is 17.3 Å². The predicted molar refractivity (Wildman–Crippen MR) is 125 cm³/mol. The molecule has 1 aromatic carbocycles.